The summed E-state index contributed by atoms with van der Waals surface area (Å²) in [5.41, 5.74) is 1.30. The number of hydrogen-bond donors (Lipinski definition) is 2. The van der Waals surface area contributed by atoms with Gasteiger partial charge in [0.2, 0.25) is 6.43 Å². The zero-order valence-corrected chi connectivity index (χ0v) is 13.6. The van der Waals surface area contributed by atoms with Crippen LogP contribution in [-0.2, 0) is 4.79 Å². The summed E-state index contributed by atoms with van der Waals surface area (Å²) in [7, 11) is 0. The smallest absolute Gasteiger partial charge is 0.326 e. The normalized spacial score (nSPS) is 12.4. The van der Waals surface area contributed by atoms with Crippen LogP contribution in [0.2, 0.25) is 0 Å². The summed E-state index contributed by atoms with van der Waals surface area (Å²) in [6.07, 6.45) is -3.78. The van der Waals surface area contributed by atoms with Gasteiger partial charge in [0.05, 0.1) is 11.1 Å². The lowest BCUT2D eigenvalue weighted by Crippen LogP contribution is -2.42. The lowest BCUT2D eigenvalue weighted by atomic mass is 10.1. The van der Waals surface area contributed by atoms with Crippen molar-refractivity contribution in [1.29, 1.82) is 0 Å². The van der Waals surface area contributed by atoms with E-state index in [0.717, 1.165) is 0 Å². The molecule has 0 radical (unpaired) electrons. The van der Waals surface area contributed by atoms with Crippen molar-refractivity contribution in [3.63, 3.8) is 0 Å². The molecule has 1 atom stereocenters. The molecule has 122 valence electrons. The van der Waals surface area contributed by atoms with Crippen LogP contribution in [0.3, 0.4) is 0 Å². The van der Waals surface area contributed by atoms with Crippen LogP contribution in [-0.4, -0.2) is 34.4 Å². The number of nitrogens with zero attached hydrogens (tertiary/aromatic N) is 1. The van der Waals surface area contributed by atoms with Gasteiger partial charge in [-0.1, -0.05) is 15.9 Å². The number of alkyl halides is 2. The average Bonchev–Trinajstić information content (AvgIpc) is 2.45. The Morgan fingerprint density at radius 1 is 1.35 bits per heavy atom. The Bertz CT molecular complexity index is 768. The molecule has 0 fully saturated rings. The minimum Gasteiger partial charge on any atom is -0.480 e. The number of amides is 1. The van der Waals surface area contributed by atoms with Gasteiger partial charge in [-0.2, -0.15) is 0 Å². The highest BCUT2D eigenvalue weighted by molar-refractivity contribution is 9.10. The number of pyridine rings is 1. The van der Waals surface area contributed by atoms with Crippen molar-refractivity contribution >= 4 is 38.7 Å². The molecule has 1 amide bonds. The third kappa shape index (κ3) is 4.22. The molecule has 0 saturated heterocycles. The Hall–Kier alpha value is -2.09. The molecule has 0 spiro atoms. The van der Waals surface area contributed by atoms with Gasteiger partial charge in [0.1, 0.15) is 6.04 Å². The number of hydrogen-bond acceptors (Lipinski definition) is 3. The Balaban J connectivity index is 2.40. The number of carbonyl (C=O) groups is 2. The Labute approximate surface area is 138 Å². The van der Waals surface area contributed by atoms with Gasteiger partial charge in [0, 0.05) is 22.0 Å². The minimum absolute atomic E-state index is 0.189. The second-order valence-electron chi connectivity index (χ2n) is 4.96. The molecule has 23 heavy (non-hydrogen) atoms. The zero-order valence-electron chi connectivity index (χ0n) is 12.0. The lowest BCUT2D eigenvalue weighted by molar-refractivity contribution is -0.140. The molecule has 8 heteroatoms. The van der Waals surface area contributed by atoms with Crippen LogP contribution in [0.1, 0.15) is 22.5 Å². The van der Waals surface area contributed by atoms with Gasteiger partial charge >= 0.3 is 5.97 Å². The van der Waals surface area contributed by atoms with E-state index in [2.05, 4.69) is 26.2 Å². The fourth-order valence-electron chi connectivity index (χ4n) is 2.15. The first-order valence-electron chi connectivity index (χ1n) is 6.66. The summed E-state index contributed by atoms with van der Waals surface area (Å²) in [5, 5.41) is 11.6. The van der Waals surface area contributed by atoms with Crippen LogP contribution in [0.5, 0.6) is 0 Å². The van der Waals surface area contributed by atoms with E-state index in [1.165, 1.54) is 6.07 Å². The monoisotopic (exact) mass is 386 g/mol. The Morgan fingerprint density at radius 2 is 2.04 bits per heavy atom. The molecule has 0 saturated carbocycles. The first kappa shape index (κ1) is 17.3. The molecule has 2 rings (SSSR count). The summed E-state index contributed by atoms with van der Waals surface area (Å²) < 4.78 is 25.6. The maximum Gasteiger partial charge on any atom is 0.326 e. The molecule has 1 heterocycles. The van der Waals surface area contributed by atoms with Gasteiger partial charge in [-0.3, -0.25) is 9.78 Å². The predicted octanol–water partition coefficient (Wildman–Crippen LogP) is 3.14. The molecule has 0 bridgehead atoms. The van der Waals surface area contributed by atoms with Gasteiger partial charge in [-0.15, -0.1) is 0 Å². The first-order valence-corrected chi connectivity index (χ1v) is 7.46. The van der Waals surface area contributed by atoms with Gasteiger partial charge in [-0.25, -0.2) is 13.6 Å². The number of rotatable bonds is 5. The quantitative estimate of drug-likeness (QED) is 0.826. The molecule has 5 nitrogen and oxygen atoms in total. The van der Waals surface area contributed by atoms with Crippen LogP contribution in [0.4, 0.5) is 8.78 Å². The standard InChI is InChI=1S/C15H13BrF2N2O3/c1-7-4-10(9-5-8(16)2-3-11(9)19-7)14(21)20-12(15(22)23)6-13(17)18/h2-5,12-13H,6H2,1H3,(H,20,21)(H,22,23). The number of fused-ring (bicyclic) bond motifs is 1. The van der Waals surface area contributed by atoms with Crippen LogP contribution >= 0.6 is 15.9 Å². The third-order valence-electron chi connectivity index (χ3n) is 3.16. The summed E-state index contributed by atoms with van der Waals surface area (Å²) >= 11 is 3.29. The number of carboxylic acid groups (broad SMARTS) is 1. The van der Waals surface area contributed by atoms with Crippen molar-refractivity contribution in [1.82, 2.24) is 10.3 Å². The fourth-order valence-corrected chi connectivity index (χ4v) is 2.51. The van der Waals surface area contributed by atoms with Gasteiger partial charge < -0.3 is 10.4 Å². The van der Waals surface area contributed by atoms with Crippen molar-refractivity contribution in [2.75, 3.05) is 0 Å². The van der Waals surface area contributed by atoms with Crippen molar-refractivity contribution in [2.24, 2.45) is 0 Å². The fraction of sp³-hybridized carbons (Fsp3) is 0.267. The number of aliphatic carboxylic acids is 1. The number of aryl methyl sites for hydroxylation is 1. The topological polar surface area (TPSA) is 79.3 Å². The number of carbonyl (C=O) groups excluding carboxylic acids is 1. The zero-order chi connectivity index (χ0) is 17.1. The van der Waals surface area contributed by atoms with Crippen LogP contribution < -0.4 is 5.32 Å². The molecular weight excluding hydrogens is 374 g/mol. The Morgan fingerprint density at radius 3 is 2.65 bits per heavy atom. The average molecular weight is 387 g/mol. The molecule has 2 N–H and O–H groups in total. The van der Waals surface area contributed by atoms with E-state index < -0.39 is 30.8 Å². The lowest BCUT2D eigenvalue weighted by Gasteiger charge is -2.15. The molecule has 2 aromatic rings. The summed E-state index contributed by atoms with van der Waals surface area (Å²) in [6, 6.07) is 4.97. The highest BCUT2D eigenvalue weighted by Crippen LogP contribution is 2.23. The van der Waals surface area contributed by atoms with E-state index in [1.54, 1.807) is 25.1 Å². The molecular formula is C15H13BrF2N2O3. The second kappa shape index (κ2) is 6.99. The number of benzene rings is 1. The van der Waals surface area contributed by atoms with Gasteiger partial charge in [0.25, 0.3) is 5.91 Å². The highest BCUT2D eigenvalue weighted by Gasteiger charge is 2.25. The minimum atomic E-state index is -2.83. The first-order chi connectivity index (χ1) is 10.8. The molecule has 1 unspecified atom stereocenters. The van der Waals surface area contributed by atoms with Gasteiger partial charge in [-0.05, 0) is 31.2 Å². The van der Waals surface area contributed by atoms with E-state index in [9.17, 15) is 18.4 Å². The molecule has 1 aromatic heterocycles. The highest BCUT2D eigenvalue weighted by atomic mass is 79.9. The maximum absolute atomic E-state index is 12.4. The summed E-state index contributed by atoms with van der Waals surface area (Å²) in [6.45, 7) is 1.69. The number of nitrogens with one attached hydrogen (secondary N) is 1. The number of halogens is 3. The van der Waals surface area contributed by atoms with Crippen molar-refractivity contribution in [3.8, 4) is 0 Å². The number of carboxylic acids is 1. The largest absolute Gasteiger partial charge is 0.480 e. The van der Waals surface area contributed by atoms with E-state index in [4.69, 9.17) is 5.11 Å². The molecule has 0 aliphatic heterocycles. The van der Waals surface area contributed by atoms with Crippen LogP contribution in [0.15, 0.2) is 28.7 Å². The van der Waals surface area contributed by atoms with E-state index in [1.807, 2.05) is 0 Å². The molecule has 0 aliphatic carbocycles. The SMILES string of the molecule is Cc1cc(C(=O)NC(CC(F)F)C(=O)O)c2cc(Br)ccc2n1. The summed E-state index contributed by atoms with van der Waals surface area (Å²) in [5.74, 6) is -2.23. The Kier molecular flexibility index (Phi) is 5.25. The second-order valence-corrected chi connectivity index (χ2v) is 5.88. The van der Waals surface area contributed by atoms with E-state index >= 15 is 0 Å². The van der Waals surface area contributed by atoms with Gasteiger partial charge in [0.15, 0.2) is 0 Å². The van der Waals surface area contributed by atoms with E-state index in [-0.39, 0.29) is 5.56 Å². The van der Waals surface area contributed by atoms with Crippen molar-refractivity contribution in [3.05, 3.63) is 40.0 Å². The van der Waals surface area contributed by atoms with Crippen molar-refractivity contribution in [2.45, 2.75) is 25.8 Å². The van der Waals surface area contributed by atoms with E-state index in [0.29, 0.717) is 21.1 Å². The molecule has 1 aromatic carbocycles. The maximum atomic E-state index is 12.4. The third-order valence-corrected chi connectivity index (χ3v) is 3.65. The van der Waals surface area contributed by atoms with Crippen LogP contribution in [0, 0.1) is 6.92 Å². The molecule has 0 aliphatic rings. The summed E-state index contributed by atoms with van der Waals surface area (Å²) in [4.78, 5) is 27.7. The predicted molar refractivity (Wildman–Crippen MR) is 83.7 cm³/mol. The number of aromatic nitrogens is 1. The van der Waals surface area contributed by atoms with Crippen LogP contribution in [0.25, 0.3) is 10.9 Å². The van der Waals surface area contributed by atoms with Crippen molar-refractivity contribution < 1.29 is 23.5 Å².